The Bertz CT molecular complexity index is 591. The first-order valence-corrected chi connectivity index (χ1v) is 5.63. The maximum atomic E-state index is 11.8. The third-order valence-corrected chi connectivity index (χ3v) is 2.61. The van der Waals surface area contributed by atoms with Crippen LogP contribution in [0.4, 0.5) is 0 Å². The average molecular weight is 225 g/mol. The lowest BCUT2D eigenvalue weighted by atomic mass is 10.2. The van der Waals surface area contributed by atoms with Crippen LogP contribution in [-0.4, -0.2) is 4.57 Å². The van der Waals surface area contributed by atoms with Gasteiger partial charge in [-0.15, -0.1) is 0 Å². The standard InChI is InChI=1S/C15H15NO/c1-3-4-13-7-10-15(17)16(11-13)14-8-5-12(2)6-9-14/h3-11H,1-2H3. The van der Waals surface area contributed by atoms with E-state index in [0.29, 0.717) is 0 Å². The molecule has 0 atom stereocenters. The highest BCUT2D eigenvalue weighted by atomic mass is 16.1. The van der Waals surface area contributed by atoms with Crippen molar-refractivity contribution in [2.75, 3.05) is 0 Å². The lowest BCUT2D eigenvalue weighted by molar-refractivity contribution is 0.986. The smallest absolute Gasteiger partial charge is 0.255 e. The second-order valence-corrected chi connectivity index (χ2v) is 4.01. The topological polar surface area (TPSA) is 22.0 Å². The van der Waals surface area contributed by atoms with Crippen molar-refractivity contribution in [3.05, 3.63) is 70.2 Å². The summed E-state index contributed by atoms with van der Waals surface area (Å²) in [6.45, 7) is 3.99. The molecule has 2 aromatic rings. The molecule has 0 radical (unpaired) electrons. The van der Waals surface area contributed by atoms with E-state index in [1.54, 1.807) is 10.6 Å². The lowest BCUT2D eigenvalue weighted by Crippen LogP contribution is -2.16. The summed E-state index contributed by atoms with van der Waals surface area (Å²) in [5.74, 6) is 0. The van der Waals surface area contributed by atoms with Crippen LogP contribution >= 0.6 is 0 Å². The van der Waals surface area contributed by atoms with Crippen LogP contribution in [0.5, 0.6) is 0 Å². The molecular formula is C15H15NO. The van der Waals surface area contributed by atoms with Gasteiger partial charge in [0.15, 0.2) is 0 Å². The fourth-order valence-corrected chi connectivity index (χ4v) is 1.70. The summed E-state index contributed by atoms with van der Waals surface area (Å²) in [5, 5.41) is 0. The molecule has 1 aromatic carbocycles. The number of allylic oxidation sites excluding steroid dienone is 1. The van der Waals surface area contributed by atoms with Gasteiger partial charge in [0, 0.05) is 18.0 Å². The summed E-state index contributed by atoms with van der Waals surface area (Å²) in [6, 6.07) is 11.3. The molecular weight excluding hydrogens is 210 g/mol. The van der Waals surface area contributed by atoms with E-state index in [1.165, 1.54) is 5.56 Å². The lowest BCUT2D eigenvalue weighted by Gasteiger charge is -2.06. The first-order valence-electron chi connectivity index (χ1n) is 5.63. The van der Waals surface area contributed by atoms with Crippen LogP contribution < -0.4 is 5.56 Å². The largest absolute Gasteiger partial charge is 0.284 e. The van der Waals surface area contributed by atoms with Crippen LogP contribution in [0.2, 0.25) is 0 Å². The molecule has 2 nitrogen and oxygen atoms in total. The number of aromatic nitrogens is 1. The molecule has 2 rings (SSSR count). The van der Waals surface area contributed by atoms with E-state index >= 15 is 0 Å². The second kappa shape index (κ2) is 4.83. The number of rotatable bonds is 2. The van der Waals surface area contributed by atoms with E-state index in [0.717, 1.165) is 11.3 Å². The number of aryl methyl sites for hydroxylation is 1. The van der Waals surface area contributed by atoms with E-state index in [1.807, 2.05) is 62.5 Å². The van der Waals surface area contributed by atoms with Gasteiger partial charge in [-0.2, -0.15) is 0 Å². The predicted octanol–water partition coefficient (Wildman–Crippen LogP) is 3.18. The quantitative estimate of drug-likeness (QED) is 0.769. The molecule has 0 aliphatic heterocycles. The van der Waals surface area contributed by atoms with Gasteiger partial charge in [-0.05, 0) is 37.6 Å². The van der Waals surface area contributed by atoms with Crippen LogP contribution in [0.15, 0.2) is 53.5 Å². The van der Waals surface area contributed by atoms with Gasteiger partial charge in [-0.1, -0.05) is 29.8 Å². The Balaban J connectivity index is 2.54. The Kier molecular flexibility index (Phi) is 3.24. The number of benzene rings is 1. The fraction of sp³-hybridized carbons (Fsp3) is 0.133. The fourth-order valence-electron chi connectivity index (χ4n) is 1.70. The van der Waals surface area contributed by atoms with E-state index in [4.69, 9.17) is 0 Å². The molecule has 2 heteroatoms. The summed E-state index contributed by atoms with van der Waals surface area (Å²) in [6.07, 6.45) is 5.79. The zero-order valence-corrected chi connectivity index (χ0v) is 10.1. The van der Waals surface area contributed by atoms with E-state index in [2.05, 4.69) is 0 Å². The molecule has 0 spiro atoms. The zero-order chi connectivity index (χ0) is 12.3. The van der Waals surface area contributed by atoms with Crippen LogP contribution in [0.25, 0.3) is 11.8 Å². The molecule has 0 bridgehead atoms. The molecule has 0 amide bonds. The molecule has 17 heavy (non-hydrogen) atoms. The molecule has 86 valence electrons. The van der Waals surface area contributed by atoms with Crippen molar-refractivity contribution in [1.29, 1.82) is 0 Å². The Labute approximate surface area is 101 Å². The van der Waals surface area contributed by atoms with Crippen LogP contribution in [0, 0.1) is 6.92 Å². The Morgan fingerprint density at radius 2 is 1.76 bits per heavy atom. The Hall–Kier alpha value is -2.09. The molecule has 1 aromatic heterocycles. The molecule has 0 saturated carbocycles. The van der Waals surface area contributed by atoms with Gasteiger partial charge in [-0.25, -0.2) is 0 Å². The molecule has 0 unspecified atom stereocenters. The second-order valence-electron chi connectivity index (χ2n) is 4.01. The highest BCUT2D eigenvalue weighted by Gasteiger charge is 1.99. The van der Waals surface area contributed by atoms with Crippen molar-refractivity contribution in [2.24, 2.45) is 0 Å². The van der Waals surface area contributed by atoms with Crippen LogP contribution in [-0.2, 0) is 0 Å². The first kappa shape index (κ1) is 11.4. The summed E-state index contributed by atoms with van der Waals surface area (Å²) < 4.78 is 1.66. The van der Waals surface area contributed by atoms with Gasteiger partial charge < -0.3 is 0 Å². The zero-order valence-electron chi connectivity index (χ0n) is 10.1. The highest BCUT2D eigenvalue weighted by Crippen LogP contribution is 2.08. The molecule has 0 saturated heterocycles. The van der Waals surface area contributed by atoms with Crippen LogP contribution in [0.3, 0.4) is 0 Å². The summed E-state index contributed by atoms with van der Waals surface area (Å²) >= 11 is 0. The maximum Gasteiger partial charge on any atom is 0.255 e. The molecule has 0 aliphatic carbocycles. The third-order valence-electron chi connectivity index (χ3n) is 2.61. The van der Waals surface area contributed by atoms with Crippen molar-refractivity contribution in [2.45, 2.75) is 13.8 Å². The van der Waals surface area contributed by atoms with E-state index in [9.17, 15) is 4.79 Å². The summed E-state index contributed by atoms with van der Waals surface area (Å²) in [4.78, 5) is 11.8. The van der Waals surface area contributed by atoms with Gasteiger partial charge >= 0.3 is 0 Å². The third kappa shape index (κ3) is 2.53. The van der Waals surface area contributed by atoms with Crippen molar-refractivity contribution in [3.8, 4) is 5.69 Å². The van der Waals surface area contributed by atoms with E-state index in [-0.39, 0.29) is 5.56 Å². The molecule has 0 aliphatic rings. The predicted molar refractivity (Wildman–Crippen MR) is 71.5 cm³/mol. The van der Waals surface area contributed by atoms with Gasteiger partial charge in [0.25, 0.3) is 5.56 Å². The number of hydrogen-bond acceptors (Lipinski definition) is 1. The van der Waals surface area contributed by atoms with E-state index < -0.39 is 0 Å². The minimum Gasteiger partial charge on any atom is -0.284 e. The normalized spacial score (nSPS) is 10.9. The van der Waals surface area contributed by atoms with Crippen molar-refractivity contribution in [1.82, 2.24) is 4.57 Å². The number of nitrogens with zero attached hydrogens (tertiary/aromatic N) is 1. The van der Waals surface area contributed by atoms with Crippen molar-refractivity contribution in [3.63, 3.8) is 0 Å². The molecule has 0 N–H and O–H groups in total. The van der Waals surface area contributed by atoms with Crippen LogP contribution in [0.1, 0.15) is 18.1 Å². The first-order chi connectivity index (χ1) is 8.20. The van der Waals surface area contributed by atoms with Gasteiger partial charge in [0.1, 0.15) is 0 Å². The minimum atomic E-state index is -0.0119. The summed E-state index contributed by atoms with van der Waals surface area (Å²) in [7, 11) is 0. The Morgan fingerprint density at radius 1 is 1.06 bits per heavy atom. The average Bonchev–Trinajstić information content (AvgIpc) is 2.33. The monoisotopic (exact) mass is 225 g/mol. The van der Waals surface area contributed by atoms with Gasteiger partial charge in [-0.3, -0.25) is 9.36 Å². The summed E-state index contributed by atoms with van der Waals surface area (Å²) in [5.41, 5.74) is 3.09. The number of hydrogen-bond donors (Lipinski definition) is 0. The number of pyridine rings is 1. The van der Waals surface area contributed by atoms with Gasteiger partial charge in [0.2, 0.25) is 0 Å². The molecule has 0 fully saturated rings. The van der Waals surface area contributed by atoms with Gasteiger partial charge in [0.05, 0.1) is 0 Å². The van der Waals surface area contributed by atoms with Crippen molar-refractivity contribution < 1.29 is 0 Å². The van der Waals surface area contributed by atoms with Crippen molar-refractivity contribution >= 4 is 6.08 Å². The maximum absolute atomic E-state index is 11.8. The highest BCUT2D eigenvalue weighted by molar-refractivity contribution is 5.48. The molecule has 1 heterocycles. The Morgan fingerprint density at radius 3 is 2.41 bits per heavy atom. The minimum absolute atomic E-state index is 0.0119. The SMILES string of the molecule is CC=Cc1ccc(=O)n(-c2ccc(C)cc2)c1.